The molecule has 0 bridgehead atoms. The number of hydrogen-bond acceptors (Lipinski definition) is 4. The Labute approximate surface area is 155 Å². The molecule has 1 heterocycles. The van der Waals surface area contributed by atoms with Crippen LogP contribution in [-0.4, -0.2) is 71.1 Å². The van der Waals surface area contributed by atoms with Gasteiger partial charge < -0.3 is 15.1 Å². The minimum atomic E-state index is -2.95. The second-order valence-corrected chi connectivity index (χ2v) is 7.67. The molecule has 0 amide bonds. The number of piperazine rings is 1. The Kier molecular flexibility index (Phi) is 8.10. The summed E-state index contributed by atoms with van der Waals surface area (Å²) in [5.74, 6) is 0.895. The average molecular weight is 452 g/mol. The van der Waals surface area contributed by atoms with Gasteiger partial charge in [-0.05, 0) is 12.1 Å². The molecule has 0 atom stereocenters. The predicted molar refractivity (Wildman–Crippen MR) is 107 cm³/mol. The highest BCUT2D eigenvalue weighted by Gasteiger charge is 2.19. The zero-order valence-corrected chi connectivity index (χ0v) is 16.8. The fourth-order valence-corrected chi connectivity index (χ4v) is 2.97. The molecule has 6 nitrogen and oxygen atoms in total. The van der Waals surface area contributed by atoms with Crippen LogP contribution in [-0.2, 0) is 9.84 Å². The smallest absolute Gasteiger partial charge is 0.193 e. The summed E-state index contributed by atoms with van der Waals surface area (Å²) in [5, 5.41) is 3.13. The molecule has 0 aliphatic carbocycles. The Morgan fingerprint density at radius 1 is 1.17 bits per heavy atom. The van der Waals surface area contributed by atoms with Crippen LogP contribution in [0.5, 0.6) is 0 Å². The predicted octanol–water partition coefficient (Wildman–Crippen LogP) is 1.05. The molecule has 0 saturated carbocycles. The number of para-hydroxylation sites is 1. The third-order valence-electron chi connectivity index (χ3n) is 3.67. The fraction of sp³-hybridized carbons (Fsp3) is 0.533. The van der Waals surface area contributed by atoms with Crippen molar-refractivity contribution in [1.29, 1.82) is 0 Å². The Bertz CT molecular complexity index is 599. The summed E-state index contributed by atoms with van der Waals surface area (Å²) in [4.78, 5) is 8.76. The highest BCUT2D eigenvalue weighted by Crippen LogP contribution is 2.15. The van der Waals surface area contributed by atoms with Crippen LogP contribution < -0.4 is 10.2 Å². The lowest BCUT2D eigenvalue weighted by atomic mass is 10.2. The molecule has 130 valence electrons. The van der Waals surface area contributed by atoms with E-state index in [0.717, 1.165) is 32.1 Å². The summed E-state index contributed by atoms with van der Waals surface area (Å²) in [6, 6.07) is 10.4. The molecule has 1 saturated heterocycles. The maximum Gasteiger partial charge on any atom is 0.193 e. The van der Waals surface area contributed by atoms with Gasteiger partial charge in [-0.3, -0.25) is 4.99 Å². The number of guanidine groups is 1. The highest BCUT2D eigenvalue weighted by atomic mass is 127. The Morgan fingerprint density at radius 2 is 1.78 bits per heavy atom. The van der Waals surface area contributed by atoms with Crippen LogP contribution in [0.4, 0.5) is 5.69 Å². The zero-order chi connectivity index (χ0) is 16.0. The summed E-state index contributed by atoms with van der Waals surface area (Å²) in [6.45, 7) is 3.98. The van der Waals surface area contributed by atoms with E-state index in [1.807, 2.05) is 18.2 Å². The van der Waals surface area contributed by atoms with Gasteiger partial charge in [-0.2, -0.15) is 0 Å². The van der Waals surface area contributed by atoms with E-state index in [-0.39, 0.29) is 29.7 Å². The van der Waals surface area contributed by atoms with Crippen molar-refractivity contribution in [3.63, 3.8) is 0 Å². The van der Waals surface area contributed by atoms with Gasteiger partial charge in [0.05, 0.1) is 5.75 Å². The molecule has 0 unspecified atom stereocenters. The summed E-state index contributed by atoms with van der Waals surface area (Å²) in [5.41, 5.74) is 1.24. The van der Waals surface area contributed by atoms with E-state index in [9.17, 15) is 8.42 Å². The fourth-order valence-electron chi connectivity index (χ4n) is 2.50. The minimum absolute atomic E-state index is 0. The van der Waals surface area contributed by atoms with Crippen molar-refractivity contribution in [1.82, 2.24) is 10.2 Å². The van der Waals surface area contributed by atoms with E-state index in [4.69, 9.17) is 0 Å². The van der Waals surface area contributed by atoms with Crippen LogP contribution in [0.1, 0.15) is 0 Å². The minimum Gasteiger partial charge on any atom is -0.368 e. The Balaban J connectivity index is 0.00000264. The zero-order valence-electron chi connectivity index (χ0n) is 13.6. The first-order valence-corrected chi connectivity index (χ1v) is 9.49. The van der Waals surface area contributed by atoms with Gasteiger partial charge in [0.25, 0.3) is 0 Å². The van der Waals surface area contributed by atoms with Crippen LogP contribution in [0.25, 0.3) is 0 Å². The van der Waals surface area contributed by atoms with E-state index in [1.54, 1.807) is 7.05 Å². The van der Waals surface area contributed by atoms with Gasteiger partial charge >= 0.3 is 0 Å². The summed E-state index contributed by atoms with van der Waals surface area (Å²) in [6.07, 6.45) is 1.25. The molecule has 1 aliphatic rings. The molecule has 1 aromatic carbocycles. The molecule has 1 aromatic rings. The highest BCUT2D eigenvalue weighted by molar-refractivity contribution is 14.0. The van der Waals surface area contributed by atoms with Gasteiger partial charge in [-0.1, -0.05) is 18.2 Å². The third kappa shape index (κ3) is 6.54. The van der Waals surface area contributed by atoms with Crippen LogP contribution in [0.15, 0.2) is 35.3 Å². The summed E-state index contributed by atoms with van der Waals surface area (Å²) < 4.78 is 22.4. The molecular weight excluding hydrogens is 427 g/mol. The van der Waals surface area contributed by atoms with Gasteiger partial charge in [0.2, 0.25) is 0 Å². The van der Waals surface area contributed by atoms with Crippen LogP contribution in [0.3, 0.4) is 0 Å². The van der Waals surface area contributed by atoms with Crippen LogP contribution in [0.2, 0.25) is 0 Å². The van der Waals surface area contributed by atoms with Gasteiger partial charge in [-0.15, -0.1) is 24.0 Å². The Hall–Kier alpha value is -1.03. The number of sulfone groups is 1. The molecule has 23 heavy (non-hydrogen) atoms. The van der Waals surface area contributed by atoms with Crippen LogP contribution in [0, 0.1) is 0 Å². The molecule has 0 spiro atoms. The van der Waals surface area contributed by atoms with Gasteiger partial charge in [0, 0.05) is 51.7 Å². The van der Waals surface area contributed by atoms with Crippen molar-refractivity contribution in [2.24, 2.45) is 4.99 Å². The Morgan fingerprint density at radius 3 is 2.30 bits per heavy atom. The van der Waals surface area contributed by atoms with Crippen molar-refractivity contribution in [2.45, 2.75) is 0 Å². The lowest BCUT2D eigenvalue weighted by Gasteiger charge is -2.37. The lowest BCUT2D eigenvalue weighted by molar-refractivity contribution is 0.373. The quantitative estimate of drug-likeness (QED) is 0.421. The summed E-state index contributed by atoms with van der Waals surface area (Å²) in [7, 11) is -1.22. The van der Waals surface area contributed by atoms with E-state index in [2.05, 4.69) is 32.2 Å². The average Bonchev–Trinajstić information content (AvgIpc) is 2.52. The number of hydrogen-bond donors (Lipinski definition) is 1. The number of anilines is 1. The number of halogens is 1. The standard InChI is InChI=1S/C15H24N4O2S.HI/c1-16-15(17-8-13-22(2,20)21)19-11-9-18(10-12-19)14-6-4-3-5-7-14;/h3-7H,8-13H2,1-2H3,(H,16,17);1H. The van der Waals surface area contributed by atoms with Crippen molar-refractivity contribution in [3.05, 3.63) is 30.3 Å². The summed E-state index contributed by atoms with van der Waals surface area (Å²) >= 11 is 0. The molecular formula is C15H25IN4O2S. The first-order chi connectivity index (χ1) is 10.5. The van der Waals surface area contributed by atoms with Gasteiger partial charge in [0.1, 0.15) is 9.84 Å². The molecule has 1 N–H and O–H groups in total. The van der Waals surface area contributed by atoms with Crippen LogP contribution >= 0.6 is 24.0 Å². The molecule has 2 rings (SSSR count). The molecule has 0 aromatic heterocycles. The van der Waals surface area contributed by atoms with Crippen molar-refractivity contribution in [3.8, 4) is 0 Å². The van der Waals surface area contributed by atoms with E-state index in [0.29, 0.717) is 6.54 Å². The number of nitrogens with zero attached hydrogens (tertiary/aromatic N) is 3. The van der Waals surface area contributed by atoms with E-state index in [1.165, 1.54) is 11.9 Å². The first-order valence-electron chi connectivity index (χ1n) is 7.43. The maximum absolute atomic E-state index is 11.2. The van der Waals surface area contributed by atoms with E-state index < -0.39 is 9.84 Å². The monoisotopic (exact) mass is 452 g/mol. The number of benzene rings is 1. The lowest BCUT2D eigenvalue weighted by Crippen LogP contribution is -2.53. The molecule has 8 heteroatoms. The number of nitrogens with one attached hydrogen (secondary N) is 1. The second-order valence-electron chi connectivity index (χ2n) is 5.41. The molecule has 1 fully saturated rings. The largest absolute Gasteiger partial charge is 0.368 e. The number of aliphatic imine (C=N–C) groups is 1. The molecule has 0 radical (unpaired) electrons. The maximum atomic E-state index is 11.2. The number of rotatable bonds is 4. The third-order valence-corrected chi connectivity index (χ3v) is 4.61. The van der Waals surface area contributed by atoms with Crippen molar-refractivity contribution >= 4 is 45.5 Å². The second kappa shape index (κ2) is 9.31. The topological polar surface area (TPSA) is 65.0 Å². The SMILES string of the molecule is CN=C(NCCS(C)(=O)=O)N1CCN(c2ccccc2)CC1.I. The van der Waals surface area contributed by atoms with Crippen molar-refractivity contribution < 1.29 is 8.42 Å². The normalized spacial score (nSPS) is 16.0. The van der Waals surface area contributed by atoms with Crippen molar-refractivity contribution in [2.75, 3.05) is 56.7 Å². The van der Waals surface area contributed by atoms with E-state index >= 15 is 0 Å². The molecule has 1 aliphatic heterocycles. The van der Waals surface area contributed by atoms with Gasteiger partial charge in [-0.25, -0.2) is 8.42 Å². The van der Waals surface area contributed by atoms with Gasteiger partial charge in [0.15, 0.2) is 5.96 Å². The first kappa shape index (κ1) is 20.0.